The van der Waals surface area contributed by atoms with E-state index in [4.69, 9.17) is 4.74 Å². The number of anilines is 1. The maximum Gasteiger partial charge on any atom is 0.262 e. The van der Waals surface area contributed by atoms with E-state index < -0.39 is 5.82 Å². The van der Waals surface area contributed by atoms with E-state index in [1.165, 1.54) is 6.07 Å². The molecular formula is C11H12FNO2. The molecule has 1 heterocycles. The van der Waals surface area contributed by atoms with Crippen LogP contribution in [0.3, 0.4) is 0 Å². The molecule has 0 bridgehead atoms. The zero-order valence-corrected chi connectivity index (χ0v) is 8.63. The van der Waals surface area contributed by atoms with Gasteiger partial charge in [-0.2, -0.15) is 0 Å². The van der Waals surface area contributed by atoms with Gasteiger partial charge >= 0.3 is 0 Å². The number of hydrogen-bond acceptors (Lipinski definition) is 2. The third kappa shape index (κ3) is 1.79. The fourth-order valence-corrected chi connectivity index (χ4v) is 1.51. The van der Waals surface area contributed by atoms with Crippen LogP contribution < -0.4 is 10.1 Å². The Bertz CT molecular complexity index is 415. The first-order chi connectivity index (χ1) is 7.08. The molecule has 0 radical (unpaired) electrons. The average Bonchev–Trinajstić information content (AvgIpc) is 2.16. The van der Waals surface area contributed by atoms with Crippen LogP contribution in [-0.4, -0.2) is 12.5 Å². The van der Waals surface area contributed by atoms with Gasteiger partial charge in [-0.05, 0) is 23.6 Å². The second kappa shape index (κ2) is 3.53. The predicted molar refractivity (Wildman–Crippen MR) is 54.6 cm³/mol. The van der Waals surface area contributed by atoms with Crippen molar-refractivity contribution >= 4 is 11.6 Å². The Morgan fingerprint density at radius 2 is 2.20 bits per heavy atom. The highest BCUT2D eigenvalue weighted by atomic mass is 19.1. The minimum atomic E-state index is -0.420. The topological polar surface area (TPSA) is 38.3 Å². The van der Waals surface area contributed by atoms with E-state index in [0.29, 0.717) is 5.69 Å². The lowest BCUT2D eigenvalue weighted by Gasteiger charge is -2.20. The average molecular weight is 209 g/mol. The summed E-state index contributed by atoms with van der Waals surface area (Å²) in [5.41, 5.74) is 1.27. The molecular weight excluding hydrogens is 197 g/mol. The summed E-state index contributed by atoms with van der Waals surface area (Å²) in [5.74, 6) is -0.318. The van der Waals surface area contributed by atoms with Gasteiger partial charge in [0.15, 0.2) is 18.2 Å². The van der Waals surface area contributed by atoms with Crippen molar-refractivity contribution in [3.05, 3.63) is 23.5 Å². The monoisotopic (exact) mass is 209 g/mol. The Morgan fingerprint density at radius 3 is 2.87 bits per heavy atom. The molecule has 0 spiro atoms. The predicted octanol–water partition coefficient (Wildman–Crippen LogP) is 2.28. The number of halogens is 1. The summed E-state index contributed by atoms with van der Waals surface area (Å²) in [7, 11) is 0. The van der Waals surface area contributed by atoms with E-state index >= 15 is 0 Å². The van der Waals surface area contributed by atoms with Gasteiger partial charge in [0, 0.05) is 0 Å². The molecule has 2 rings (SSSR count). The number of ether oxygens (including phenoxy) is 1. The van der Waals surface area contributed by atoms with Crippen molar-refractivity contribution in [2.24, 2.45) is 0 Å². The Balaban J connectivity index is 2.48. The summed E-state index contributed by atoms with van der Waals surface area (Å²) in [5, 5.41) is 2.59. The highest BCUT2D eigenvalue weighted by molar-refractivity contribution is 5.95. The number of carbonyl (C=O) groups is 1. The van der Waals surface area contributed by atoms with Gasteiger partial charge in [-0.3, -0.25) is 4.79 Å². The van der Waals surface area contributed by atoms with E-state index in [1.807, 2.05) is 13.8 Å². The molecule has 1 aliphatic heterocycles. The van der Waals surface area contributed by atoms with E-state index in [0.717, 1.165) is 5.56 Å². The Labute approximate surface area is 87.2 Å². The maximum absolute atomic E-state index is 13.5. The molecule has 0 atom stereocenters. The van der Waals surface area contributed by atoms with Crippen molar-refractivity contribution in [1.29, 1.82) is 0 Å². The molecule has 15 heavy (non-hydrogen) atoms. The summed E-state index contributed by atoms with van der Waals surface area (Å²) >= 11 is 0. The second-order valence-electron chi connectivity index (χ2n) is 3.87. The van der Waals surface area contributed by atoms with E-state index in [2.05, 4.69) is 5.32 Å². The number of fused-ring (bicyclic) bond motifs is 1. The highest BCUT2D eigenvalue weighted by Crippen LogP contribution is 2.33. The first kappa shape index (κ1) is 9.96. The Morgan fingerprint density at radius 1 is 1.47 bits per heavy atom. The van der Waals surface area contributed by atoms with Crippen LogP contribution in [0.25, 0.3) is 0 Å². The number of rotatable bonds is 1. The molecule has 1 aliphatic rings. The number of nitrogens with one attached hydrogen (secondary N) is 1. The summed E-state index contributed by atoms with van der Waals surface area (Å²) in [6.07, 6.45) is 0. The van der Waals surface area contributed by atoms with Crippen molar-refractivity contribution in [2.75, 3.05) is 11.9 Å². The van der Waals surface area contributed by atoms with Crippen molar-refractivity contribution < 1.29 is 13.9 Å². The molecule has 1 amide bonds. The minimum Gasteiger partial charge on any atom is -0.478 e. The molecule has 0 unspecified atom stereocenters. The molecule has 0 saturated heterocycles. The van der Waals surface area contributed by atoms with E-state index in [1.54, 1.807) is 6.07 Å². The zero-order chi connectivity index (χ0) is 11.0. The highest BCUT2D eigenvalue weighted by Gasteiger charge is 2.21. The van der Waals surface area contributed by atoms with Crippen LogP contribution >= 0.6 is 0 Å². The molecule has 1 aromatic carbocycles. The van der Waals surface area contributed by atoms with Gasteiger partial charge in [0.2, 0.25) is 0 Å². The first-order valence-corrected chi connectivity index (χ1v) is 4.84. The molecule has 80 valence electrons. The Hall–Kier alpha value is -1.58. The van der Waals surface area contributed by atoms with Crippen LogP contribution in [0.2, 0.25) is 0 Å². The molecule has 0 aromatic heterocycles. The fourth-order valence-electron chi connectivity index (χ4n) is 1.51. The molecule has 1 aromatic rings. The van der Waals surface area contributed by atoms with E-state index in [-0.39, 0.29) is 24.2 Å². The first-order valence-electron chi connectivity index (χ1n) is 4.84. The maximum atomic E-state index is 13.5. The number of benzene rings is 1. The normalized spacial score (nSPS) is 14.5. The number of hydrogen-bond donors (Lipinski definition) is 1. The molecule has 0 fully saturated rings. The Kier molecular flexibility index (Phi) is 2.34. The second-order valence-corrected chi connectivity index (χ2v) is 3.87. The third-order valence-corrected chi connectivity index (χ3v) is 2.35. The van der Waals surface area contributed by atoms with E-state index in [9.17, 15) is 9.18 Å². The summed E-state index contributed by atoms with van der Waals surface area (Å²) in [6.45, 7) is 3.81. The van der Waals surface area contributed by atoms with Crippen LogP contribution in [0, 0.1) is 5.82 Å². The number of carbonyl (C=O) groups excluding carboxylic acids is 1. The van der Waals surface area contributed by atoms with Gasteiger partial charge in [0.05, 0.1) is 5.69 Å². The molecule has 0 saturated carbocycles. The summed E-state index contributed by atoms with van der Waals surface area (Å²) in [4.78, 5) is 11.1. The van der Waals surface area contributed by atoms with Crippen LogP contribution in [0.5, 0.6) is 5.75 Å². The van der Waals surface area contributed by atoms with Gasteiger partial charge < -0.3 is 10.1 Å². The van der Waals surface area contributed by atoms with Crippen molar-refractivity contribution in [1.82, 2.24) is 0 Å². The lowest BCUT2D eigenvalue weighted by molar-refractivity contribution is -0.118. The van der Waals surface area contributed by atoms with Crippen molar-refractivity contribution in [3.63, 3.8) is 0 Å². The molecule has 0 aliphatic carbocycles. The van der Waals surface area contributed by atoms with Crippen LogP contribution in [0.1, 0.15) is 25.3 Å². The SMILES string of the molecule is CC(C)c1cc(F)c2c(c1)NC(=O)CO2. The number of amides is 1. The summed E-state index contributed by atoms with van der Waals surface area (Å²) in [6, 6.07) is 3.20. The molecule has 1 N–H and O–H groups in total. The quantitative estimate of drug-likeness (QED) is 0.770. The van der Waals surface area contributed by atoms with Gasteiger partial charge in [-0.15, -0.1) is 0 Å². The van der Waals surface area contributed by atoms with Crippen LogP contribution in [0.4, 0.5) is 10.1 Å². The fraction of sp³-hybridized carbons (Fsp3) is 0.364. The standard InChI is InChI=1S/C11H12FNO2/c1-6(2)7-3-8(12)11-9(4-7)13-10(14)5-15-11/h3-4,6H,5H2,1-2H3,(H,13,14). The lowest BCUT2D eigenvalue weighted by Crippen LogP contribution is -2.26. The van der Waals surface area contributed by atoms with Crippen molar-refractivity contribution in [2.45, 2.75) is 19.8 Å². The zero-order valence-electron chi connectivity index (χ0n) is 8.63. The van der Waals surface area contributed by atoms with Gasteiger partial charge in [0.1, 0.15) is 0 Å². The summed E-state index contributed by atoms with van der Waals surface area (Å²) < 4.78 is 18.6. The largest absolute Gasteiger partial charge is 0.478 e. The van der Waals surface area contributed by atoms with Crippen molar-refractivity contribution in [3.8, 4) is 5.75 Å². The van der Waals surface area contributed by atoms with Gasteiger partial charge in [-0.1, -0.05) is 13.8 Å². The smallest absolute Gasteiger partial charge is 0.262 e. The lowest BCUT2D eigenvalue weighted by atomic mass is 10.0. The van der Waals surface area contributed by atoms with Gasteiger partial charge in [-0.25, -0.2) is 4.39 Å². The minimum absolute atomic E-state index is 0.120. The van der Waals surface area contributed by atoms with Gasteiger partial charge in [0.25, 0.3) is 5.91 Å². The molecule has 3 nitrogen and oxygen atoms in total. The van der Waals surface area contributed by atoms with Crippen LogP contribution in [-0.2, 0) is 4.79 Å². The molecule has 4 heteroatoms. The van der Waals surface area contributed by atoms with Crippen LogP contribution in [0.15, 0.2) is 12.1 Å². The third-order valence-electron chi connectivity index (χ3n) is 2.35.